The lowest BCUT2D eigenvalue weighted by atomic mass is 10.2. The van der Waals surface area contributed by atoms with Gasteiger partial charge in [0, 0.05) is 24.1 Å². The van der Waals surface area contributed by atoms with Gasteiger partial charge in [-0.15, -0.1) is 12.3 Å². The Bertz CT molecular complexity index is 441. The standard InChI is InChI=1S/C12H13ClN2O2/c1-2-3-4-5-8-14-11-7-6-10(13)9-12(11)15(16)17/h1,6-7,9,14H,3-5,8H2. The van der Waals surface area contributed by atoms with Crippen LogP contribution in [0.25, 0.3) is 0 Å². The van der Waals surface area contributed by atoms with Crippen molar-refractivity contribution in [1.29, 1.82) is 0 Å². The molecule has 0 bridgehead atoms. The first kappa shape index (κ1) is 13.3. The highest BCUT2D eigenvalue weighted by molar-refractivity contribution is 6.30. The van der Waals surface area contributed by atoms with Crippen LogP contribution in [0.2, 0.25) is 5.02 Å². The fourth-order valence-corrected chi connectivity index (χ4v) is 1.55. The van der Waals surface area contributed by atoms with Crippen LogP contribution in [0.1, 0.15) is 19.3 Å². The van der Waals surface area contributed by atoms with Crippen LogP contribution in [0.5, 0.6) is 0 Å². The molecule has 5 heteroatoms. The Kier molecular flexibility index (Phi) is 5.31. The number of terminal acetylenes is 1. The molecule has 1 aromatic carbocycles. The number of hydrogen-bond acceptors (Lipinski definition) is 3. The fraction of sp³-hybridized carbons (Fsp3) is 0.333. The summed E-state index contributed by atoms with van der Waals surface area (Å²) in [5.41, 5.74) is 0.481. The molecule has 1 aromatic rings. The van der Waals surface area contributed by atoms with E-state index >= 15 is 0 Å². The van der Waals surface area contributed by atoms with E-state index in [2.05, 4.69) is 11.2 Å². The predicted octanol–water partition coefficient (Wildman–Crippen LogP) is 3.46. The summed E-state index contributed by atoms with van der Waals surface area (Å²) in [4.78, 5) is 10.3. The van der Waals surface area contributed by atoms with Crippen molar-refractivity contribution in [1.82, 2.24) is 0 Å². The first-order valence-electron chi connectivity index (χ1n) is 5.26. The third-order valence-electron chi connectivity index (χ3n) is 2.22. The third-order valence-corrected chi connectivity index (χ3v) is 2.45. The molecule has 0 fully saturated rings. The highest BCUT2D eigenvalue weighted by Gasteiger charge is 2.13. The number of halogens is 1. The first-order valence-corrected chi connectivity index (χ1v) is 5.64. The van der Waals surface area contributed by atoms with Gasteiger partial charge in [-0.2, -0.15) is 0 Å². The molecular formula is C12H13ClN2O2. The van der Waals surface area contributed by atoms with Gasteiger partial charge >= 0.3 is 0 Å². The van der Waals surface area contributed by atoms with Crippen molar-refractivity contribution in [3.05, 3.63) is 33.3 Å². The van der Waals surface area contributed by atoms with E-state index in [9.17, 15) is 10.1 Å². The van der Waals surface area contributed by atoms with E-state index in [4.69, 9.17) is 18.0 Å². The van der Waals surface area contributed by atoms with E-state index in [1.165, 1.54) is 6.07 Å². The van der Waals surface area contributed by atoms with Crippen LogP contribution >= 0.6 is 11.6 Å². The molecule has 0 aliphatic carbocycles. The van der Waals surface area contributed by atoms with Crippen LogP contribution in [0, 0.1) is 22.5 Å². The number of nitro groups is 1. The summed E-state index contributed by atoms with van der Waals surface area (Å²) in [6.07, 6.45) is 7.64. The summed E-state index contributed by atoms with van der Waals surface area (Å²) in [5, 5.41) is 14.2. The van der Waals surface area contributed by atoms with Gasteiger partial charge in [0.05, 0.1) is 4.92 Å². The maximum atomic E-state index is 10.8. The maximum Gasteiger partial charge on any atom is 0.293 e. The Morgan fingerprint density at radius 2 is 2.24 bits per heavy atom. The largest absolute Gasteiger partial charge is 0.379 e. The molecular weight excluding hydrogens is 240 g/mol. The second kappa shape index (κ2) is 6.77. The summed E-state index contributed by atoms with van der Waals surface area (Å²) in [5.74, 6) is 2.55. The van der Waals surface area contributed by atoms with E-state index in [1.807, 2.05) is 0 Å². The Morgan fingerprint density at radius 1 is 1.47 bits per heavy atom. The lowest BCUT2D eigenvalue weighted by molar-refractivity contribution is -0.383. The minimum absolute atomic E-state index is 0.00514. The van der Waals surface area contributed by atoms with Crippen LogP contribution in [0.3, 0.4) is 0 Å². The van der Waals surface area contributed by atoms with E-state index < -0.39 is 4.92 Å². The molecule has 17 heavy (non-hydrogen) atoms. The second-order valence-corrected chi connectivity index (χ2v) is 3.94. The summed E-state index contributed by atoms with van der Waals surface area (Å²) >= 11 is 5.71. The fourth-order valence-electron chi connectivity index (χ4n) is 1.38. The summed E-state index contributed by atoms with van der Waals surface area (Å²) in [6.45, 7) is 0.657. The van der Waals surface area contributed by atoms with Crippen molar-refractivity contribution in [2.75, 3.05) is 11.9 Å². The van der Waals surface area contributed by atoms with E-state index in [0.29, 0.717) is 17.3 Å². The minimum Gasteiger partial charge on any atom is -0.379 e. The van der Waals surface area contributed by atoms with Crippen molar-refractivity contribution in [2.45, 2.75) is 19.3 Å². The Balaban J connectivity index is 2.59. The molecule has 0 amide bonds. The van der Waals surface area contributed by atoms with Crippen molar-refractivity contribution < 1.29 is 4.92 Å². The topological polar surface area (TPSA) is 55.2 Å². The zero-order chi connectivity index (χ0) is 12.7. The second-order valence-electron chi connectivity index (χ2n) is 3.51. The van der Waals surface area contributed by atoms with Crippen molar-refractivity contribution >= 4 is 23.0 Å². The summed E-state index contributed by atoms with van der Waals surface area (Å²) < 4.78 is 0. The third kappa shape index (κ3) is 4.33. The molecule has 1 rings (SSSR count). The van der Waals surface area contributed by atoms with Gasteiger partial charge in [0.25, 0.3) is 5.69 Å². The SMILES string of the molecule is C#CCCCCNc1ccc(Cl)cc1[N+](=O)[O-]. The Labute approximate surface area is 105 Å². The number of anilines is 1. The lowest BCUT2D eigenvalue weighted by Gasteiger charge is -2.06. The highest BCUT2D eigenvalue weighted by Crippen LogP contribution is 2.27. The predicted molar refractivity (Wildman–Crippen MR) is 69.3 cm³/mol. The smallest absolute Gasteiger partial charge is 0.293 e. The highest BCUT2D eigenvalue weighted by atomic mass is 35.5. The van der Waals surface area contributed by atoms with Gasteiger partial charge in [-0.1, -0.05) is 11.6 Å². The number of benzene rings is 1. The Hall–Kier alpha value is -1.73. The molecule has 90 valence electrons. The average molecular weight is 253 g/mol. The molecule has 0 heterocycles. The zero-order valence-electron chi connectivity index (χ0n) is 9.28. The van der Waals surface area contributed by atoms with Gasteiger partial charge in [0.2, 0.25) is 0 Å². The molecule has 0 saturated carbocycles. The van der Waals surface area contributed by atoms with Crippen LogP contribution in [-0.4, -0.2) is 11.5 Å². The zero-order valence-corrected chi connectivity index (χ0v) is 10.0. The Morgan fingerprint density at radius 3 is 2.88 bits per heavy atom. The van der Waals surface area contributed by atoms with Crippen LogP contribution in [-0.2, 0) is 0 Å². The quantitative estimate of drug-likeness (QED) is 0.365. The molecule has 0 spiro atoms. The van der Waals surface area contributed by atoms with Crippen molar-refractivity contribution in [3.8, 4) is 12.3 Å². The number of unbranched alkanes of at least 4 members (excludes halogenated alkanes) is 2. The number of rotatable bonds is 6. The number of hydrogen-bond donors (Lipinski definition) is 1. The molecule has 1 N–H and O–H groups in total. The maximum absolute atomic E-state index is 10.8. The first-order chi connectivity index (χ1) is 8.15. The van der Waals surface area contributed by atoms with Gasteiger partial charge in [0.15, 0.2) is 0 Å². The van der Waals surface area contributed by atoms with Crippen molar-refractivity contribution in [3.63, 3.8) is 0 Å². The lowest BCUT2D eigenvalue weighted by Crippen LogP contribution is -2.04. The number of nitro benzene ring substituents is 1. The van der Waals surface area contributed by atoms with Crippen LogP contribution in [0.15, 0.2) is 18.2 Å². The summed E-state index contributed by atoms with van der Waals surface area (Å²) in [7, 11) is 0. The molecule has 4 nitrogen and oxygen atoms in total. The summed E-state index contributed by atoms with van der Waals surface area (Å²) in [6, 6.07) is 4.57. The molecule has 0 atom stereocenters. The van der Waals surface area contributed by atoms with Crippen LogP contribution < -0.4 is 5.32 Å². The molecule has 0 unspecified atom stereocenters. The van der Waals surface area contributed by atoms with Gasteiger partial charge in [-0.3, -0.25) is 10.1 Å². The molecule has 0 saturated heterocycles. The minimum atomic E-state index is -0.449. The van der Waals surface area contributed by atoms with Gasteiger partial charge in [-0.05, 0) is 25.0 Å². The molecule has 0 aliphatic rings. The van der Waals surface area contributed by atoms with Gasteiger partial charge in [0.1, 0.15) is 5.69 Å². The van der Waals surface area contributed by atoms with Gasteiger partial charge in [-0.25, -0.2) is 0 Å². The monoisotopic (exact) mass is 252 g/mol. The van der Waals surface area contributed by atoms with Gasteiger partial charge < -0.3 is 5.32 Å². The van der Waals surface area contributed by atoms with Crippen LogP contribution in [0.4, 0.5) is 11.4 Å². The number of nitrogens with one attached hydrogen (secondary N) is 1. The number of nitrogens with zero attached hydrogens (tertiary/aromatic N) is 1. The molecule has 0 radical (unpaired) electrons. The molecule has 0 aliphatic heterocycles. The molecule has 0 aromatic heterocycles. The average Bonchev–Trinajstić information content (AvgIpc) is 2.30. The normalized spacial score (nSPS) is 9.65. The van der Waals surface area contributed by atoms with E-state index in [-0.39, 0.29) is 5.69 Å². The van der Waals surface area contributed by atoms with Crippen molar-refractivity contribution in [2.24, 2.45) is 0 Å². The van der Waals surface area contributed by atoms with E-state index in [1.54, 1.807) is 12.1 Å². The van der Waals surface area contributed by atoms with E-state index in [0.717, 1.165) is 19.3 Å².